The van der Waals surface area contributed by atoms with Gasteiger partial charge in [0.05, 0.1) is 6.61 Å². The summed E-state index contributed by atoms with van der Waals surface area (Å²) in [6.45, 7) is 4.15. The first-order valence-electron chi connectivity index (χ1n) is 5.15. The predicted octanol–water partition coefficient (Wildman–Crippen LogP) is 2.06. The highest BCUT2D eigenvalue weighted by molar-refractivity contribution is 14.1. The summed E-state index contributed by atoms with van der Waals surface area (Å²) in [5.41, 5.74) is 0. The highest BCUT2D eigenvalue weighted by atomic mass is 127. The fourth-order valence-corrected chi connectivity index (χ4v) is 1.24. The van der Waals surface area contributed by atoms with Crippen LogP contribution in [0.25, 0.3) is 0 Å². The topological polar surface area (TPSA) is 61.8 Å². The van der Waals surface area contributed by atoms with E-state index in [4.69, 9.17) is 9.47 Å². The van der Waals surface area contributed by atoms with Crippen molar-refractivity contribution in [2.24, 2.45) is 0 Å². The molecule has 1 heterocycles. The van der Waals surface area contributed by atoms with Gasteiger partial charge in [-0.25, -0.2) is 4.79 Å². The molecule has 0 saturated carbocycles. The van der Waals surface area contributed by atoms with Crippen molar-refractivity contribution in [3.8, 4) is 0 Å². The largest absolute Gasteiger partial charge is 0.508 e. The molecule has 0 bridgehead atoms. The lowest BCUT2D eigenvalue weighted by atomic mass is 10.1. The summed E-state index contributed by atoms with van der Waals surface area (Å²) in [6, 6.07) is 0. The number of carbonyl (C=O) groups excluding carboxylic acids is 2. The Kier molecular flexibility index (Phi) is 4.82. The summed E-state index contributed by atoms with van der Waals surface area (Å²) in [5.74, 6) is -0.279. The van der Waals surface area contributed by atoms with E-state index in [1.165, 1.54) is 0 Å². The zero-order chi connectivity index (χ0) is 12.2. The standard InChI is InChI=1S/C10H15IO5/c1-3-10(2,11)8(12)15-6-7-4-5-14-9(13)16-7/h7H,3-6H2,1-2H3. The highest BCUT2D eigenvalue weighted by Gasteiger charge is 2.31. The van der Waals surface area contributed by atoms with Gasteiger partial charge >= 0.3 is 12.1 Å². The molecule has 6 heteroatoms. The van der Waals surface area contributed by atoms with Crippen molar-refractivity contribution >= 4 is 34.7 Å². The van der Waals surface area contributed by atoms with Gasteiger partial charge in [0.25, 0.3) is 0 Å². The van der Waals surface area contributed by atoms with Gasteiger partial charge in [-0.2, -0.15) is 0 Å². The number of hydrogen-bond acceptors (Lipinski definition) is 5. The predicted molar refractivity (Wildman–Crippen MR) is 64.5 cm³/mol. The van der Waals surface area contributed by atoms with E-state index in [-0.39, 0.29) is 18.7 Å². The van der Waals surface area contributed by atoms with Crippen LogP contribution in [0.15, 0.2) is 0 Å². The number of ether oxygens (including phenoxy) is 3. The lowest BCUT2D eigenvalue weighted by Crippen LogP contribution is -2.36. The molecular weight excluding hydrogens is 327 g/mol. The Morgan fingerprint density at radius 1 is 1.69 bits per heavy atom. The number of hydrogen-bond donors (Lipinski definition) is 0. The normalized spacial score (nSPS) is 23.9. The van der Waals surface area contributed by atoms with Gasteiger partial charge in [0.1, 0.15) is 16.1 Å². The summed E-state index contributed by atoms with van der Waals surface area (Å²) in [7, 11) is 0. The first kappa shape index (κ1) is 13.5. The van der Waals surface area contributed by atoms with Crippen LogP contribution in [0.5, 0.6) is 0 Å². The molecule has 2 atom stereocenters. The molecule has 1 aliphatic rings. The second kappa shape index (κ2) is 5.70. The first-order chi connectivity index (χ1) is 7.45. The van der Waals surface area contributed by atoms with Gasteiger partial charge in [-0.1, -0.05) is 29.5 Å². The number of rotatable bonds is 4. The van der Waals surface area contributed by atoms with E-state index in [2.05, 4.69) is 27.3 Å². The molecule has 0 aromatic carbocycles. The lowest BCUT2D eigenvalue weighted by molar-refractivity contribution is -0.150. The first-order valence-corrected chi connectivity index (χ1v) is 6.23. The van der Waals surface area contributed by atoms with Crippen LogP contribution in [0.1, 0.15) is 26.7 Å². The van der Waals surface area contributed by atoms with Gasteiger partial charge in [-0.05, 0) is 13.3 Å². The molecular formula is C10H15IO5. The fraction of sp³-hybridized carbons (Fsp3) is 0.800. The molecule has 0 amide bonds. The van der Waals surface area contributed by atoms with Gasteiger partial charge < -0.3 is 14.2 Å². The van der Waals surface area contributed by atoms with Crippen molar-refractivity contribution in [3.63, 3.8) is 0 Å². The Hall–Kier alpha value is -0.530. The smallest absolute Gasteiger partial charge is 0.461 e. The molecule has 0 aromatic rings. The highest BCUT2D eigenvalue weighted by Crippen LogP contribution is 2.24. The number of alkyl halides is 1. The maximum Gasteiger partial charge on any atom is 0.508 e. The third-order valence-corrected chi connectivity index (χ3v) is 3.62. The molecule has 5 nitrogen and oxygen atoms in total. The average molecular weight is 342 g/mol. The zero-order valence-corrected chi connectivity index (χ0v) is 11.5. The Morgan fingerprint density at radius 3 is 2.94 bits per heavy atom. The third kappa shape index (κ3) is 3.80. The van der Waals surface area contributed by atoms with Crippen molar-refractivity contribution in [1.29, 1.82) is 0 Å². The summed E-state index contributed by atoms with van der Waals surface area (Å²) < 4.78 is 14.0. The monoisotopic (exact) mass is 342 g/mol. The van der Waals surface area contributed by atoms with E-state index in [1.807, 2.05) is 13.8 Å². The SMILES string of the molecule is CCC(C)(I)C(=O)OCC1CCOC(=O)O1. The molecule has 92 valence electrons. The summed E-state index contributed by atoms with van der Waals surface area (Å²) in [5, 5.41) is 0. The Morgan fingerprint density at radius 2 is 2.38 bits per heavy atom. The van der Waals surface area contributed by atoms with Gasteiger partial charge in [0, 0.05) is 6.42 Å². The number of cyclic esters (lactones) is 2. The Labute approximate surface area is 108 Å². The molecule has 1 rings (SSSR count). The van der Waals surface area contributed by atoms with Crippen LogP contribution in [0.3, 0.4) is 0 Å². The van der Waals surface area contributed by atoms with Crippen molar-refractivity contribution in [2.75, 3.05) is 13.2 Å². The molecule has 0 aromatic heterocycles. The number of halogens is 1. The molecule has 0 radical (unpaired) electrons. The average Bonchev–Trinajstić information content (AvgIpc) is 2.26. The van der Waals surface area contributed by atoms with E-state index >= 15 is 0 Å². The minimum absolute atomic E-state index is 0.104. The van der Waals surface area contributed by atoms with E-state index in [1.54, 1.807) is 0 Å². The van der Waals surface area contributed by atoms with Gasteiger partial charge in [-0.3, -0.25) is 4.79 Å². The van der Waals surface area contributed by atoms with Gasteiger partial charge in [-0.15, -0.1) is 0 Å². The maximum absolute atomic E-state index is 11.6. The van der Waals surface area contributed by atoms with Crippen molar-refractivity contribution in [3.05, 3.63) is 0 Å². The van der Waals surface area contributed by atoms with Crippen LogP contribution < -0.4 is 0 Å². The second-order valence-corrected chi connectivity index (χ2v) is 6.16. The maximum atomic E-state index is 11.6. The van der Waals surface area contributed by atoms with Crippen LogP contribution in [0.2, 0.25) is 0 Å². The lowest BCUT2D eigenvalue weighted by Gasteiger charge is -2.24. The number of esters is 1. The Bertz CT molecular complexity index is 276. The fourth-order valence-electron chi connectivity index (χ4n) is 1.08. The number of carbonyl (C=O) groups is 2. The molecule has 0 spiro atoms. The van der Waals surface area contributed by atoms with Crippen molar-refractivity contribution < 1.29 is 23.8 Å². The van der Waals surface area contributed by atoms with Crippen molar-refractivity contribution in [2.45, 2.75) is 36.2 Å². The summed E-state index contributed by atoms with van der Waals surface area (Å²) in [6.07, 6.45) is 0.178. The van der Waals surface area contributed by atoms with Crippen LogP contribution in [-0.4, -0.2) is 34.9 Å². The molecule has 1 saturated heterocycles. The van der Waals surface area contributed by atoms with E-state index < -0.39 is 9.58 Å². The summed E-state index contributed by atoms with van der Waals surface area (Å²) in [4.78, 5) is 22.4. The van der Waals surface area contributed by atoms with Crippen LogP contribution >= 0.6 is 22.6 Å². The van der Waals surface area contributed by atoms with Crippen molar-refractivity contribution in [1.82, 2.24) is 0 Å². The molecule has 2 unspecified atom stereocenters. The third-order valence-electron chi connectivity index (χ3n) is 2.41. The molecule has 1 fully saturated rings. The molecule has 1 aliphatic heterocycles. The minimum Gasteiger partial charge on any atom is -0.461 e. The van der Waals surface area contributed by atoms with Crippen LogP contribution in [0, 0.1) is 0 Å². The van der Waals surface area contributed by atoms with Crippen LogP contribution in [0.4, 0.5) is 4.79 Å². The van der Waals surface area contributed by atoms with Crippen LogP contribution in [-0.2, 0) is 19.0 Å². The Balaban J connectivity index is 2.34. The molecule has 16 heavy (non-hydrogen) atoms. The molecule has 0 N–H and O–H groups in total. The second-order valence-electron chi connectivity index (χ2n) is 3.78. The molecule has 0 aliphatic carbocycles. The van der Waals surface area contributed by atoms with Gasteiger partial charge in [0.2, 0.25) is 0 Å². The quantitative estimate of drug-likeness (QED) is 0.445. The summed E-state index contributed by atoms with van der Waals surface area (Å²) >= 11 is 2.06. The van der Waals surface area contributed by atoms with E-state index in [0.717, 1.165) is 0 Å². The van der Waals surface area contributed by atoms with E-state index in [9.17, 15) is 9.59 Å². The van der Waals surface area contributed by atoms with Gasteiger partial charge in [0.15, 0.2) is 0 Å². The minimum atomic E-state index is -0.694. The van der Waals surface area contributed by atoms with E-state index in [0.29, 0.717) is 19.4 Å². The zero-order valence-electron chi connectivity index (χ0n) is 9.32.